The first-order chi connectivity index (χ1) is 11.4. The molecule has 0 aromatic heterocycles. The molecule has 0 aliphatic rings. The molecule has 124 valence electrons. The molecule has 0 unspecified atom stereocenters. The number of aryl methyl sites for hydroxylation is 1. The van der Waals surface area contributed by atoms with E-state index in [9.17, 15) is 4.79 Å². The van der Waals surface area contributed by atoms with E-state index < -0.39 is 0 Å². The number of nitrogens with zero attached hydrogens (tertiary/aromatic N) is 1. The largest absolute Gasteiger partial charge is 0.493 e. The number of rotatable bonds is 5. The Morgan fingerprint density at radius 2 is 2.12 bits per heavy atom. The summed E-state index contributed by atoms with van der Waals surface area (Å²) in [4.78, 5) is 12.1. The van der Waals surface area contributed by atoms with Crippen LogP contribution in [-0.4, -0.2) is 19.6 Å². The second-order valence-electron chi connectivity index (χ2n) is 4.90. The van der Waals surface area contributed by atoms with Crippen LogP contribution in [0.3, 0.4) is 0 Å². The van der Waals surface area contributed by atoms with E-state index in [2.05, 4.69) is 21.2 Å². The molecule has 24 heavy (non-hydrogen) atoms. The number of hydrogen-bond donors (Lipinski definition) is 1. The van der Waals surface area contributed by atoms with Gasteiger partial charge in [0.05, 0.1) is 23.2 Å². The van der Waals surface area contributed by atoms with Crippen molar-refractivity contribution in [2.24, 2.45) is 0 Å². The van der Waals surface area contributed by atoms with Gasteiger partial charge in [-0.1, -0.05) is 17.7 Å². The molecule has 0 bridgehead atoms. The molecule has 0 saturated carbocycles. The van der Waals surface area contributed by atoms with Gasteiger partial charge in [0, 0.05) is 16.8 Å². The van der Waals surface area contributed by atoms with Crippen molar-refractivity contribution >= 4 is 39.1 Å². The Morgan fingerprint density at radius 3 is 2.79 bits per heavy atom. The fourth-order valence-corrected chi connectivity index (χ4v) is 2.71. The highest BCUT2D eigenvalue weighted by molar-refractivity contribution is 9.10. The van der Waals surface area contributed by atoms with Crippen molar-refractivity contribution in [3.05, 3.63) is 51.0 Å². The van der Waals surface area contributed by atoms with Gasteiger partial charge in [0.15, 0.2) is 18.1 Å². The summed E-state index contributed by atoms with van der Waals surface area (Å²) in [6.45, 7) is 1.65. The molecule has 1 amide bonds. The van der Waals surface area contributed by atoms with E-state index in [0.29, 0.717) is 32.2 Å². The zero-order valence-electron chi connectivity index (χ0n) is 13.0. The predicted octanol–water partition coefficient (Wildman–Crippen LogP) is 4.31. The second-order valence-corrected chi connectivity index (χ2v) is 6.19. The number of hydrogen-bond acceptors (Lipinski definition) is 4. The van der Waals surface area contributed by atoms with Crippen LogP contribution in [0.1, 0.15) is 11.1 Å². The topological polar surface area (TPSA) is 71.3 Å². The number of benzene rings is 2. The van der Waals surface area contributed by atoms with Crippen molar-refractivity contribution in [1.82, 2.24) is 0 Å². The van der Waals surface area contributed by atoms with E-state index in [1.54, 1.807) is 24.3 Å². The van der Waals surface area contributed by atoms with Crippen LogP contribution in [0, 0.1) is 18.3 Å². The Hall–Kier alpha value is -2.23. The summed E-state index contributed by atoms with van der Waals surface area (Å²) in [6.07, 6.45) is 0. The van der Waals surface area contributed by atoms with Crippen LogP contribution in [-0.2, 0) is 4.79 Å². The molecular weight excluding hydrogens is 396 g/mol. The first-order valence-corrected chi connectivity index (χ1v) is 8.08. The molecule has 0 heterocycles. The maximum atomic E-state index is 12.1. The van der Waals surface area contributed by atoms with Crippen molar-refractivity contribution in [1.29, 1.82) is 5.26 Å². The molecule has 7 heteroatoms. The average Bonchev–Trinajstić information content (AvgIpc) is 2.56. The summed E-state index contributed by atoms with van der Waals surface area (Å²) >= 11 is 9.24. The Kier molecular flexibility index (Phi) is 6.07. The molecule has 2 aromatic carbocycles. The first kappa shape index (κ1) is 18.1. The van der Waals surface area contributed by atoms with Crippen molar-refractivity contribution < 1.29 is 14.3 Å². The highest BCUT2D eigenvalue weighted by atomic mass is 79.9. The third kappa shape index (κ3) is 4.40. The Bertz CT molecular complexity index is 818. The predicted molar refractivity (Wildman–Crippen MR) is 95.7 cm³/mol. The van der Waals surface area contributed by atoms with Gasteiger partial charge in [-0.05, 0) is 46.6 Å². The molecule has 2 rings (SSSR count). The van der Waals surface area contributed by atoms with E-state index >= 15 is 0 Å². The lowest BCUT2D eigenvalue weighted by Gasteiger charge is -2.13. The number of methoxy groups -OCH3 is 1. The van der Waals surface area contributed by atoms with Gasteiger partial charge >= 0.3 is 0 Å². The molecule has 0 fully saturated rings. The fourth-order valence-electron chi connectivity index (χ4n) is 1.98. The first-order valence-electron chi connectivity index (χ1n) is 6.91. The summed E-state index contributed by atoms with van der Waals surface area (Å²) in [5.74, 6) is 0.390. The van der Waals surface area contributed by atoms with Crippen LogP contribution in [0.25, 0.3) is 0 Å². The normalized spacial score (nSPS) is 9.96. The van der Waals surface area contributed by atoms with Crippen LogP contribution in [0.2, 0.25) is 5.02 Å². The van der Waals surface area contributed by atoms with Crippen molar-refractivity contribution in [2.45, 2.75) is 6.92 Å². The molecule has 0 atom stereocenters. The van der Waals surface area contributed by atoms with Crippen LogP contribution < -0.4 is 14.8 Å². The van der Waals surface area contributed by atoms with Gasteiger partial charge in [-0.2, -0.15) is 5.26 Å². The molecule has 0 aliphatic heterocycles. The summed E-state index contributed by atoms with van der Waals surface area (Å²) in [6, 6.07) is 10.4. The Morgan fingerprint density at radius 1 is 1.38 bits per heavy atom. The van der Waals surface area contributed by atoms with E-state index in [0.717, 1.165) is 5.56 Å². The van der Waals surface area contributed by atoms with E-state index in [1.807, 2.05) is 19.1 Å². The van der Waals surface area contributed by atoms with Gasteiger partial charge in [-0.25, -0.2) is 0 Å². The van der Waals surface area contributed by atoms with Gasteiger partial charge in [-0.3, -0.25) is 4.79 Å². The molecule has 0 spiro atoms. The van der Waals surface area contributed by atoms with Gasteiger partial charge in [0.2, 0.25) is 0 Å². The van der Waals surface area contributed by atoms with Crippen LogP contribution >= 0.6 is 27.5 Å². The van der Waals surface area contributed by atoms with Gasteiger partial charge < -0.3 is 14.8 Å². The van der Waals surface area contributed by atoms with Crippen molar-refractivity contribution in [2.75, 3.05) is 19.0 Å². The highest BCUT2D eigenvalue weighted by Gasteiger charge is 2.14. The average molecular weight is 410 g/mol. The SMILES string of the molecule is COc1cc(C#N)cc(Br)c1OCC(=O)Nc1cc(Cl)ccc1C. The minimum absolute atomic E-state index is 0.215. The molecular formula is C17H14BrClN2O3. The number of carbonyl (C=O) groups is 1. The van der Waals surface area contributed by atoms with E-state index in [4.69, 9.17) is 26.3 Å². The minimum atomic E-state index is -0.335. The van der Waals surface area contributed by atoms with Crippen LogP contribution in [0.15, 0.2) is 34.8 Å². The third-order valence-corrected chi connectivity index (χ3v) is 4.00. The summed E-state index contributed by atoms with van der Waals surface area (Å²) in [5, 5.41) is 12.2. The minimum Gasteiger partial charge on any atom is -0.493 e. The van der Waals surface area contributed by atoms with Crippen molar-refractivity contribution in [3.8, 4) is 17.6 Å². The standard InChI is InChI=1S/C17H14BrClN2O3/c1-10-3-4-12(19)7-14(10)21-16(22)9-24-17-13(18)5-11(8-20)6-15(17)23-2/h3-7H,9H2,1-2H3,(H,21,22). The Labute approximate surface area is 153 Å². The summed E-state index contributed by atoms with van der Waals surface area (Å²) < 4.78 is 11.3. The number of nitrogens with one attached hydrogen (secondary N) is 1. The molecule has 1 N–H and O–H groups in total. The molecule has 2 aromatic rings. The maximum Gasteiger partial charge on any atom is 0.262 e. The lowest BCUT2D eigenvalue weighted by molar-refractivity contribution is -0.118. The lowest BCUT2D eigenvalue weighted by atomic mass is 10.2. The number of anilines is 1. The summed E-state index contributed by atoms with van der Waals surface area (Å²) in [7, 11) is 1.46. The van der Waals surface area contributed by atoms with E-state index in [1.165, 1.54) is 7.11 Å². The monoisotopic (exact) mass is 408 g/mol. The maximum absolute atomic E-state index is 12.1. The zero-order valence-corrected chi connectivity index (χ0v) is 15.4. The molecule has 0 aliphatic carbocycles. The summed E-state index contributed by atoms with van der Waals surface area (Å²) in [5.41, 5.74) is 1.94. The fraction of sp³-hybridized carbons (Fsp3) is 0.176. The van der Waals surface area contributed by atoms with Gasteiger partial charge in [0.1, 0.15) is 0 Å². The number of ether oxygens (including phenoxy) is 2. The van der Waals surface area contributed by atoms with Gasteiger partial charge in [0.25, 0.3) is 5.91 Å². The number of carbonyl (C=O) groups excluding carboxylic acids is 1. The van der Waals surface area contributed by atoms with Crippen LogP contribution in [0.4, 0.5) is 5.69 Å². The number of halogens is 2. The lowest BCUT2D eigenvalue weighted by Crippen LogP contribution is -2.21. The third-order valence-electron chi connectivity index (χ3n) is 3.18. The van der Waals surface area contributed by atoms with Crippen LogP contribution in [0.5, 0.6) is 11.5 Å². The molecule has 0 radical (unpaired) electrons. The molecule has 5 nitrogen and oxygen atoms in total. The second kappa shape index (κ2) is 8.04. The quantitative estimate of drug-likeness (QED) is 0.799. The smallest absolute Gasteiger partial charge is 0.262 e. The van der Waals surface area contributed by atoms with Crippen molar-refractivity contribution in [3.63, 3.8) is 0 Å². The van der Waals surface area contributed by atoms with Gasteiger partial charge in [-0.15, -0.1) is 0 Å². The number of nitriles is 1. The highest BCUT2D eigenvalue weighted by Crippen LogP contribution is 2.36. The molecule has 0 saturated heterocycles. The zero-order chi connectivity index (χ0) is 17.7. The van der Waals surface area contributed by atoms with E-state index in [-0.39, 0.29) is 12.5 Å². The number of amides is 1. The Balaban J connectivity index is 2.09.